The van der Waals surface area contributed by atoms with E-state index in [1.165, 1.54) is 0 Å². The van der Waals surface area contributed by atoms with Crippen molar-refractivity contribution in [3.63, 3.8) is 0 Å². The van der Waals surface area contributed by atoms with Gasteiger partial charge in [0.1, 0.15) is 12.3 Å². The largest absolute Gasteiger partial charge is 0.480 e. The molecule has 20 heavy (non-hydrogen) atoms. The Labute approximate surface area is 121 Å². The van der Waals surface area contributed by atoms with Gasteiger partial charge >= 0.3 is 5.97 Å². The summed E-state index contributed by atoms with van der Waals surface area (Å²) in [4.78, 5) is 15.0. The summed E-state index contributed by atoms with van der Waals surface area (Å²) in [7, 11) is 0. The molecule has 3 N–H and O–H groups in total. The molecule has 1 aromatic carbocycles. The maximum Gasteiger partial charge on any atom is 0.320 e. The number of carbonyl (C=O) groups is 1. The first-order valence-electron chi connectivity index (χ1n) is 6.23. The summed E-state index contributed by atoms with van der Waals surface area (Å²) in [6.45, 7) is 0. The third kappa shape index (κ3) is 4.11. The molecule has 0 aliphatic rings. The SMILES string of the molecule is NC(CCSCc1coc(-c2ccccc2)n1)C(=O)O. The molecule has 6 heteroatoms. The minimum atomic E-state index is -0.960. The minimum absolute atomic E-state index is 0.448. The number of benzene rings is 1. The molecule has 1 heterocycles. The van der Waals surface area contributed by atoms with Crippen LogP contribution in [0.1, 0.15) is 12.1 Å². The zero-order valence-corrected chi connectivity index (χ0v) is 11.7. The van der Waals surface area contributed by atoms with Crippen LogP contribution >= 0.6 is 11.8 Å². The summed E-state index contributed by atoms with van der Waals surface area (Å²) < 4.78 is 5.42. The first kappa shape index (κ1) is 14.6. The van der Waals surface area contributed by atoms with Crippen LogP contribution in [0.2, 0.25) is 0 Å². The highest BCUT2D eigenvalue weighted by Crippen LogP contribution is 2.20. The van der Waals surface area contributed by atoms with Gasteiger partial charge in [-0.1, -0.05) is 18.2 Å². The molecule has 2 aromatic rings. The van der Waals surface area contributed by atoms with Gasteiger partial charge in [-0.2, -0.15) is 11.8 Å². The zero-order valence-electron chi connectivity index (χ0n) is 10.9. The first-order valence-corrected chi connectivity index (χ1v) is 7.38. The maximum absolute atomic E-state index is 10.6. The fourth-order valence-corrected chi connectivity index (χ4v) is 2.50. The highest BCUT2D eigenvalue weighted by atomic mass is 32.2. The van der Waals surface area contributed by atoms with E-state index in [0.717, 1.165) is 11.3 Å². The minimum Gasteiger partial charge on any atom is -0.480 e. The number of nitrogens with two attached hydrogens (primary N) is 1. The fraction of sp³-hybridized carbons (Fsp3) is 0.286. The predicted molar refractivity (Wildman–Crippen MR) is 78.3 cm³/mol. The monoisotopic (exact) mass is 292 g/mol. The van der Waals surface area contributed by atoms with Crippen LogP contribution in [0.5, 0.6) is 0 Å². The third-order valence-corrected chi connectivity index (χ3v) is 3.74. The van der Waals surface area contributed by atoms with Gasteiger partial charge in [0.2, 0.25) is 5.89 Å². The molecular formula is C14H16N2O3S. The Morgan fingerprint density at radius 2 is 2.15 bits per heavy atom. The van der Waals surface area contributed by atoms with E-state index in [4.69, 9.17) is 15.3 Å². The predicted octanol–water partition coefficient (Wildman–Crippen LogP) is 2.38. The number of thioether (sulfide) groups is 1. The molecule has 0 saturated carbocycles. The molecular weight excluding hydrogens is 276 g/mol. The van der Waals surface area contributed by atoms with E-state index < -0.39 is 12.0 Å². The number of aromatic nitrogens is 1. The van der Waals surface area contributed by atoms with Gasteiger partial charge in [0.25, 0.3) is 0 Å². The molecule has 1 aromatic heterocycles. The van der Waals surface area contributed by atoms with Crippen molar-refractivity contribution >= 4 is 17.7 Å². The Hall–Kier alpha value is -1.79. The summed E-state index contributed by atoms with van der Waals surface area (Å²) in [5, 5.41) is 8.67. The van der Waals surface area contributed by atoms with Gasteiger partial charge in [-0.05, 0) is 24.3 Å². The van der Waals surface area contributed by atoms with Crippen LogP contribution in [-0.4, -0.2) is 27.9 Å². The smallest absolute Gasteiger partial charge is 0.320 e. The van der Waals surface area contributed by atoms with Gasteiger partial charge in [0.05, 0.1) is 5.69 Å². The van der Waals surface area contributed by atoms with Gasteiger partial charge in [-0.15, -0.1) is 0 Å². The molecule has 0 bridgehead atoms. The van der Waals surface area contributed by atoms with E-state index >= 15 is 0 Å². The Balaban J connectivity index is 1.81. The first-order chi connectivity index (χ1) is 9.66. The molecule has 0 saturated heterocycles. The van der Waals surface area contributed by atoms with Crippen LogP contribution in [-0.2, 0) is 10.5 Å². The number of rotatable bonds is 7. The number of carboxylic acids is 1. The summed E-state index contributed by atoms with van der Waals surface area (Å²) in [5.41, 5.74) is 7.22. The van der Waals surface area contributed by atoms with Crippen LogP contribution in [0.25, 0.3) is 11.5 Å². The number of hydrogen-bond acceptors (Lipinski definition) is 5. The number of aliphatic carboxylic acids is 1. The highest BCUT2D eigenvalue weighted by Gasteiger charge is 2.11. The number of nitrogens with zero attached hydrogens (tertiary/aromatic N) is 1. The van der Waals surface area contributed by atoms with Crippen molar-refractivity contribution < 1.29 is 14.3 Å². The summed E-state index contributed by atoms with van der Waals surface area (Å²) in [6.07, 6.45) is 2.08. The molecule has 1 atom stereocenters. The van der Waals surface area contributed by atoms with E-state index in [0.29, 0.717) is 23.8 Å². The van der Waals surface area contributed by atoms with Crippen LogP contribution in [0.15, 0.2) is 41.0 Å². The van der Waals surface area contributed by atoms with Crippen molar-refractivity contribution in [2.24, 2.45) is 5.73 Å². The van der Waals surface area contributed by atoms with Crippen molar-refractivity contribution in [2.45, 2.75) is 18.2 Å². The number of carboxylic acid groups (broad SMARTS) is 1. The number of hydrogen-bond donors (Lipinski definition) is 2. The van der Waals surface area contributed by atoms with Gasteiger partial charge in [0, 0.05) is 11.3 Å². The second kappa shape index (κ2) is 7.12. The lowest BCUT2D eigenvalue weighted by atomic mass is 10.2. The van der Waals surface area contributed by atoms with Crippen molar-refractivity contribution in [1.29, 1.82) is 0 Å². The lowest BCUT2D eigenvalue weighted by molar-refractivity contribution is -0.138. The van der Waals surface area contributed by atoms with E-state index in [2.05, 4.69) is 4.98 Å². The second-order valence-electron chi connectivity index (χ2n) is 4.30. The Bertz CT molecular complexity index is 557. The summed E-state index contributed by atoms with van der Waals surface area (Å²) >= 11 is 1.59. The molecule has 0 aliphatic heterocycles. The lowest BCUT2D eigenvalue weighted by Gasteiger charge is -2.04. The molecule has 0 spiro atoms. The highest BCUT2D eigenvalue weighted by molar-refractivity contribution is 7.98. The standard InChI is InChI=1S/C14H16N2O3S/c15-12(14(17)18)6-7-20-9-11-8-19-13(16-11)10-4-2-1-3-5-10/h1-5,8,12H,6-7,9,15H2,(H,17,18). The van der Waals surface area contributed by atoms with Crippen molar-refractivity contribution in [1.82, 2.24) is 4.98 Å². The molecule has 106 valence electrons. The molecule has 0 radical (unpaired) electrons. The van der Waals surface area contributed by atoms with E-state index in [1.54, 1.807) is 18.0 Å². The van der Waals surface area contributed by atoms with E-state index in [9.17, 15) is 4.79 Å². The second-order valence-corrected chi connectivity index (χ2v) is 5.40. The number of oxazole rings is 1. The van der Waals surface area contributed by atoms with Crippen LogP contribution in [0.4, 0.5) is 0 Å². The van der Waals surface area contributed by atoms with Crippen LogP contribution < -0.4 is 5.73 Å². The third-order valence-electron chi connectivity index (χ3n) is 2.71. The topological polar surface area (TPSA) is 89.4 Å². The van der Waals surface area contributed by atoms with Gasteiger partial charge in [0.15, 0.2) is 0 Å². The summed E-state index contributed by atoms with van der Waals surface area (Å²) in [5.74, 6) is 1.01. The Kier molecular flexibility index (Phi) is 5.20. The van der Waals surface area contributed by atoms with Gasteiger partial charge in [-0.25, -0.2) is 4.98 Å². The average molecular weight is 292 g/mol. The molecule has 1 unspecified atom stereocenters. The van der Waals surface area contributed by atoms with E-state index in [-0.39, 0.29) is 0 Å². The van der Waals surface area contributed by atoms with Crippen LogP contribution in [0, 0.1) is 0 Å². The van der Waals surface area contributed by atoms with E-state index in [1.807, 2.05) is 30.3 Å². The molecule has 0 amide bonds. The summed E-state index contributed by atoms with van der Waals surface area (Å²) in [6, 6.07) is 8.89. The molecule has 5 nitrogen and oxygen atoms in total. The van der Waals surface area contributed by atoms with Crippen molar-refractivity contribution in [2.75, 3.05) is 5.75 Å². The lowest BCUT2D eigenvalue weighted by Crippen LogP contribution is -2.30. The average Bonchev–Trinajstić information content (AvgIpc) is 2.93. The molecule has 0 fully saturated rings. The normalized spacial score (nSPS) is 12.2. The Morgan fingerprint density at radius 1 is 1.40 bits per heavy atom. The zero-order chi connectivity index (χ0) is 14.4. The van der Waals surface area contributed by atoms with Crippen molar-refractivity contribution in [3.8, 4) is 11.5 Å². The van der Waals surface area contributed by atoms with Crippen LogP contribution in [0.3, 0.4) is 0 Å². The quantitative estimate of drug-likeness (QED) is 0.762. The fourth-order valence-electron chi connectivity index (χ4n) is 1.60. The van der Waals surface area contributed by atoms with Gasteiger partial charge < -0.3 is 15.3 Å². The maximum atomic E-state index is 10.6. The molecule has 0 aliphatic carbocycles. The van der Waals surface area contributed by atoms with Crippen molar-refractivity contribution in [3.05, 3.63) is 42.3 Å². The van der Waals surface area contributed by atoms with Gasteiger partial charge in [-0.3, -0.25) is 4.79 Å². The molecule has 2 rings (SSSR count). The Morgan fingerprint density at radius 3 is 2.85 bits per heavy atom.